The number of nitrogens with zero attached hydrogens (tertiary/aromatic N) is 1. The van der Waals surface area contributed by atoms with Gasteiger partial charge in [0.1, 0.15) is 5.75 Å². The maximum absolute atomic E-state index is 12.4. The summed E-state index contributed by atoms with van der Waals surface area (Å²) in [5, 5.41) is 10.7. The predicted octanol–water partition coefficient (Wildman–Crippen LogP) is 4.32. The Kier molecular flexibility index (Phi) is 4.16. The quantitative estimate of drug-likeness (QED) is 0.475. The van der Waals surface area contributed by atoms with E-state index in [1.807, 2.05) is 13.0 Å². The molecular weight excluding hydrogens is 314 g/mol. The molecule has 0 radical (unpaired) electrons. The number of hydrogen-bond acceptors (Lipinski definition) is 5. The minimum absolute atomic E-state index is 0.0298. The first kappa shape index (κ1) is 15.3. The Morgan fingerprint density at radius 3 is 2.61 bits per heavy atom. The molecule has 1 aliphatic heterocycles. The van der Waals surface area contributed by atoms with Crippen LogP contribution in [0.5, 0.6) is 5.75 Å². The number of carbonyl (C=O) groups excluding carboxylic acids is 1. The van der Waals surface area contributed by atoms with Gasteiger partial charge in [0.15, 0.2) is 0 Å². The molecule has 0 bridgehead atoms. The molecule has 0 spiro atoms. The molecule has 1 aliphatic rings. The highest BCUT2D eigenvalue weighted by molar-refractivity contribution is 8.04. The summed E-state index contributed by atoms with van der Waals surface area (Å²) < 4.78 is 5.45. The second-order valence-electron chi connectivity index (χ2n) is 4.88. The van der Waals surface area contributed by atoms with Crippen LogP contribution in [0.2, 0.25) is 0 Å². The van der Waals surface area contributed by atoms with Crippen LogP contribution in [0.25, 0.3) is 6.08 Å². The topological polar surface area (TPSA) is 69.4 Å². The number of rotatable bonds is 4. The van der Waals surface area contributed by atoms with Gasteiger partial charge in [-0.05, 0) is 48.9 Å². The average Bonchev–Trinajstić information content (AvgIpc) is 2.84. The van der Waals surface area contributed by atoms with Gasteiger partial charge in [-0.3, -0.25) is 14.9 Å². The van der Waals surface area contributed by atoms with Crippen molar-refractivity contribution >= 4 is 29.3 Å². The Balaban J connectivity index is 1.87. The normalized spacial score (nSPS) is 14.8. The molecule has 0 saturated carbocycles. The van der Waals surface area contributed by atoms with Crippen LogP contribution in [0.4, 0.5) is 5.69 Å². The number of ether oxygens (including phenoxy) is 1. The largest absolute Gasteiger partial charge is 0.494 e. The van der Waals surface area contributed by atoms with Crippen molar-refractivity contribution in [3.05, 3.63) is 68.6 Å². The molecule has 116 valence electrons. The zero-order chi connectivity index (χ0) is 16.4. The van der Waals surface area contributed by atoms with Crippen LogP contribution >= 0.6 is 11.8 Å². The summed E-state index contributed by atoms with van der Waals surface area (Å²) >= 11 is 1.39. The van der Waals surface area contributed by atoms with Crippen molar-refractivity contribution in [2.45, 2.75) is 11.8 Å². The number of non-ortho nitro benzene ring substituents is 1. The summed E-state index contributed by atoms with van der Waals surface area (Å²) in [6.07, 6.45) is 1.75. The van der Waals surface area contributed by atoms with Gasteiger partial charge in [0.25, 0.3) is 5.69 Å². The molecule has 2 aromatic rings. The van der Waals surface area contributed by atoms with E-state index in [2.05, 4.69) is 0 Å². The Morgan fingerprint density at radius 1 is 1.22 bits per heavy atom. The number of benzene rings is 2. The molecule has 23 heavy (non-hydrogen) atoms. The number of Topliss-reactive ketones (excluding diaryl/α,β-unsaturated/α-hetero) is 1. The van der Waals surface area contributed by atoms with Gasteiger partial charge in [-0.1, -0.05) is 11.8 Å². The van der Waals surface area contributed by atoms with Crippen LogP contribution in [0.1, 0.15) is 22.8 Å². The lowest BCUT2D eigenvalue weighted by Gasteiger charge is -2.03. The van der Waals surface area contributed by atoms with E-state index in [0.717, 1.165) is 16.2 Å². The van der Waals surface area contributed by atoms with Crippen molar-refractivity contribution in [3.8, 4) is 5.75 Å². The smallest absolute Gasteiger partial charge is 0.269 e. The van der Waals surface area contributed by atoms with Crippen molar-refractivity contribution in [2.75, 3.05) is 6.61 Å². The molecule has 0 N–H and O–H groups in total. The second-order valence-corrected chi connectivity index (χ2v) is 5.96. The number of allylic oxidation sites excluding steroid dienone is 1. The van der Waals surface area contributed by atoms with Gasteiger partial charge in [-0.2, -0.15) is 0 Å². The van der Waals surface area contributed by atoms with Gasteiger partial charge in [-0.15, -0.1) is 0 Å². The minimum atomic E-state index is -0.447. The molecule has 5 nitrogen and oxygen atoms in total. The maximum Gasteiger partial charge on any atom is 0.269 e. The van der Waals surface area contributed by atoms with Crippen molar-refractivity contribution < 1.29 is 14.5 Å². The number of carbonyl (C=O) groups is 1. The predicted molar refractivity (Wildman–Crippen MR) is 88.9 cm³/mol. The summed E-state index contributed by atoms with van der Waals surface area (Å²) in [4.78, 5) is 24.1. The van der Waals surface area contributed by atoms with Crippen molar-refractivity contribution in [2.24, 2.45) is 0 Å². The Morgan fingerprint density at radius 2 is 1.96 bits per heavy atom. The summed E-state index contributed by atoms with van der Waals surface area (Å²) in [6.45, 7) is 2.48. The fraction of sp³-hybridized carbons (Fsp3) is 0.118. The Hall–Kier alpha value is -2.60. The number of fused-ring (bicyclic) bond motifs is 1. The van der Waals surface area contributed by atoms with Crippen molar-refractivity contribution in [1.82, 2.24) is 0 Å². The van der Waals surface area contributed by atoms with Gasteiger partial charge >= 0.3 is 0 Å². The van der Waals surface area contributed by atoms with E-state index in [4.69, 9.17) is 4.74 Å². The first-order chi connectivity index (χ1) is 11.1. The van der Waals surface area contributed by atoms with Crippen molar-refractivity contribution in [1.29, 1.82) is 0 Å². The highest BCUT2D eigenvalue weighted by atomic mass is 32.2. The van der Waals surface area contributed by atoms with Crippen LogP contribution in [0, 0.1) is 10.1 Å². The molecule has 0 fully saturated rings. The molecular formula is C17H13NO4S. The fourth-order valence-corrected chi connectivity index (χ4v) is 3.35. The lowest BCUT2D eigenvalue weighted by Crippen LogP contribution is -1.95. The van der Waals surface area contributed by atoms with E-state index in [1.165, 1.54) is 23.9 Å². The van der Waals surface area contributed by atoms with E-state index in [1.54, 1.807) is 30.3 Å². The van der Waals surface area contributed by atoms with Gasteiger partial charge in [-0.25, -0.2) is 0 Å². The summed E-state index contributed by atoms with van der Waals surface area (Å²) in [5.41, 5.74) is 1.44. The van der Waals surface area contributed by atoms with Gasteiger partial charge < -0.3 is 4.74 Å². The molecule has 0 atom stereocenters. The van der Waals surface area contributed by atoms with E-state index < -0.39 is 4.92 Å². The van der Waals surface area contributed by atoms with E-state index in [0.29, 0.717) is 17.1 Å². The SMILES string of the molecule is CCOc1ccc2c(c1)S/C(=C\c1ccc([N+](=O)[O-])cc1)C2=O. The molecule has 1 heterocycles. The minimum Gasteiger partial charge on any atom is -0.494 e. The third-order valence-electron chi connectivity index (χ3n) is 3.35. The maximum atomic E-state index is 12.4. The third-order valence-corrected chi connectivity index (χ3v) is 4.43. The monoisotopic (exact) mass is 327 g/mol. The van der Waals surface area contributed by atoms with Crippen LogP contribution in [0.3, 0.4) is 0 Å². The highest BCUT2D eigenvalue weighted by Crippen LogP contribution is 2.42. The summed E-state index contributed by atoms with van der Waals surface area (Å²) in [7, 11) is 0. The first-order valence-electron chi connectivity index (χ1n) is 7.04. The van der Waals surface area contributed by atoms with E-state index >= 15 is 0 Å². The zero-order valence-corrected chi connectivity index (χ0v) is 13.1. The number of hydrogen-bond donors (Lipinski definition) is 0. The molecule has 0 amide bonds. The molecule has 0 saturated heterocycles. The fourth-order valence-electron chi connectivity index (χ4n) is 2.27. The molecule has 0 unspecified atom stereocenters. The lowest BCUT2D eigenvalue weighted by molar-refractivity contribution is -0.384. The summed E-state index contributed by atoms with van der Waals surface area (Å²) in [6, 6.07) is 11.5. The lowest BCUT2D eigenvalue weighted by atomic mass is 10.1. The molecule has 0 aliphatic carbocycles. The molecule has 6 heteroatoms. The standard InChI is InChI=1S/C17H13NO4S/c1-2-22-13-7-8-14-15(10-13)23-16(17(14)19)9-11-3-5-12(6-4-11)18(20)21/h3-10H,2H2,1H3/b16-9-. The molecule has 0 aromatic heterocycles. The van der Waals surface area contributed by atoms with Crippen LogP contribution < -0.4 is 4.74 Å². The Bertz CT molecular complexity index is 812. The highest BCUT2D eigenvalue weighted by Gasteiger charge is 2.26. The number of nitro groups is 1. The molecule has 2 aromatic carbocycles. The van der Waals surface area contributed by atoms with E-state index in [9.17, 15) is 14.9 Å². The number of thioether (sulfide) groups is 1. The number of nitro benzene ring substituents is 1. The number of ketones is 1. The molecule has 3 rings (SSSR count). The summed E-state index contributed by atoms with van der Waals surface area (Å²) in [5.74, 6) is 0.703. The average molecular weight is 327 g/mol. The van der Waals surface area contributed by atoms with Crippen LogP contribution in [0.15, 0.2) is 52.3 Å². The Labute approximate surface area is 137 Å². The van der Waals surface area contributed by atoms with Crippen molar-refractivity contribution in [3.63, 3.8) is 0 Å². The van der Waals surface area contributed by atoms with Gasteiger partial charge in [0.05, 0.1) is 16.4 Å². The van der Waals surface area contributed by atoms with Crippen LogP contribution in [-0.2, 0) is 0 Å². The van der Waals surface area contributed by atoms with Gasteiger partial charge in [0, 0.05) is 22.6 Å². The zero-order valence-electron chi connectivity index (χ0n) is 12.3. The van der Waals surface area contributed by atoms with Gasteiger partial charge in [0.2, 0.25) is 5.78 Å². The van der Waals surface area contributed by atoms with E-state index in [-0.39, 0.29) is 11.5 Å². The third kappa shape index (κ3) is 3.12. The van der Waals surface area contributed by atoms with Crippen LogP contribution in [-0.4, -0.2) is 17.3 Å². The second kappa shape index (κ2) is 6.26. The first-order valence-corrected chi connectivity index (χ1v) is 7.85.